The first-order valence-electron chi connectivity index (χ1n) is 6.53. The van der Waals surface area contributed by atoms with Crippen LogP contribution in [0.15, 0.2) is 59.0 Å². The molecular formula is C15H12F2N4O. The van der Waals surface area contributed by atoms with Crippen LogP contribution in [-0.4, -0.2) is 17.3 Å². The molecule has 0 aliphatic carbocycles. The van der Waals surface area contributed by atoms with E-state index in [1.54, 1.807) is 29.6 Å². The van der Waals surface area contributed by atoms with Gasteiger partial charge in [0.1, 0.15) is 18.0 Å². The molecule has 0 fully saturated rings. The van der Waals surface area contributed by atoms with E-state index < -0.39 is 11.6 Å². The van der Waals surface area contributed by atoms with Gasteiger partial charge in [0.25, 0.3) is 5.91 Å². The Morgan fingerprint density at radius 1 is 1.32 bits per heavy atom. The summed E-state index contributed by atoms with van der Waals surface area (Å²) in [6.07, 6.45) is 8.11. The number of amides is 1. The number of hydrogen-bond acceptors (Lipinski definition) is 4. The van der Waals surface area contributed by atoms with Crippen LogP contribution in [0.1, 0.15) is 5.56 Å². The van der Waals surface area contributed by atoms with Gasteiger partial charge in [-0.15, -0.1) is 0 Å². The van der Waals surface area contributed by atoms with Crippen LogP contribution < -0.4 is 10.7 Å². The molecule has 5 nitrogen and oxygen atoms in total. The van der Waals surface area contributed by atoms with Crippen LogP contribution in [-0.2, 0) is 11.3 Å². The molecule has 0 aromatic heterocycles. The minimum absolute atomic E-state index is 0.0201. The lowest BCUT2D eigenvalue weighted by Gasteiger charge is -2.26. The van der Waals surface area contributed by atoms with E-state index >= 15 is 0 Å². The predicted octanol–water partition coefficient (Wildman–Crippen LogP) is 1.72. The smallest absolute Gasteiger partial charge is 0.253 e. The summed E-state index contributed by atoms with van der Waals surface area (Å²) in [6.45, 7) is -0.0201. The van der Waals surface area contributed by atoms with Crippen LogP contribution in [0.2, 0.25) is 0 Å². The minimum Gasteiger partial charge on any atom is -0.348 e. The number of nitrogens with one attached hydrogen (secondary N) is 2. The van der Waals surface area contributed by atoms with E-state index in [-0.39, 0.29) is 18.0 Å². The van der Waals surface area contributed by atoms with Gasteiger partial charge in [-0.05, 0) is 18.2 Å². The highest BCUT2D eigenvalue weighted by Gasteiger charge is 2.16. The Labute approximate surface area is 125 Å². The van der Waals surface area contributed by atoms with Gasteiger partial charge in [-0.2, -0.15) is 0 Å². The first-order valence-corrected chi connectivity index (χ1v) is 6.53. The van der Waals surface area contributed by atoms with Crippen molar-refractivity contribution in [3.63, 3.8) is 0 Å². The Kier molecular flexibility index (Phi) is 3.69. The standard InChI is InChI=1S/C15H12F2N4O/c16-12-3-1-10(14(17)5-12)6-19-15(22)11-2-4-13-7-18-9-20-21(13)8-11/h1-5,7-9H,6H2,(H,18,20)(H,19,22). The van der Waals surface area contributed by atoms with Gasteiger partial charge in [0.15, 0.2) is 0 Å². The zero-order chi connectivity index (χ0) is 15.5. The van der Waals surface area contributed by atoms with Crippen molar-refractivity contribution in [2.24, 2.45) is 4.99 Å². The van der Waals surface area contributed by atoms with Gasteiger partial charge >= 0.3 is 0 Å². The highest BCUT2D eigenvalue weighted by atomic mass is 19.1. The molecule has 0 spiro atoms. The van der Waals surface area contributed by atoms with Crippen molar-refractivity contribution in [3.8, 4) is 0 Å². The zero-order valence-electron chi connectivity index (χ0n) is 11.4. The molecule has 2 aliphatic rings. The van der Waals surface area contributed by atoms with E-state index in [4.69, 9.17) is 0 Å². The van der Waals surface area contributed by atoms with Crippen molar-refractivity contribution < 1.29 is 13.6 Å². The number of aliphatic imine (C=N–C) groups is 1. The number of hydrogen-bond donors (Lipinski definition) is 2. The number of allylic oxidation sites excluding steroid dienone is 1. The molecule has 112 valence electrons. The van der Waals surface area contributed by atoms with Crippen molar-refractivity contribution in [2.75, 3.05) is 0 Å². The molecule has 3 rings (SSSR count). The number of rotatable bonds is 3. The van der Waals surface area contributed by atoms with Gasteiger partial charge in [-0.1, -0.05) is 6.07 Å². The average molecular weight is 302 g/mol. The van der Waals surface area contributed by atoms with Crippen molar-refractivity contribution in [1.29, 1.82) is 0 Å². The summed E-state index contributed by atoms with van der Waals surface area (Å²) in [4.78, 5) is 16.0. The number of hydrazine groups is 1. The third kappa shape index (κ3) is 2.88. The Balaban J connectivity index is 1.65. The molecule has 2 aliphatic heterocycles. The highest BCUT2D eigenvalue weighted by Crippen LogP contribution is 2.16. The van der Waals surface area contributed by atoms with E-state index in [1.165, 1.54) is 12.4 Å². The van der Waals surface area contributed by atoms with Crippen LogP contribution in [0.4, 0.5) is 8.78 Å². The number of benzene rings is 1. The molecule has 2 heterocycles. The molecular weight excluding hydrogens is 290 g/mol. The fourth-order valence-electron chi connectivity index (χ4n) is 2.02. The second kappa shape index (κ2) is 5.80. The predicted molar refractivity (Wildman–Crippen MR) is 77.0 cm³/mol. The minimum atomic E-state index is -0.687. The fourth-order valence-corrected chi connectivity index (χ4v) is 2.02. The van der Waals surface area contributed by atoms with E-state index in [2.05, 4.69) is 15.7 Å². The molecule has 0 saturated heterocycles. The van der Waals surface area contributed by atoms with Crippen molar-refractivity contribution in [3.05, 3.63) is 71.2 Å². The number of carbonyl (C=O) groups excluding carboxylic acids is 1. The Bertz CT molecular complexity index is 737. The number of carbonyl (C=O) groups is 1. The average Bonchev–Trinajstić information content (AvgIpc) is 2.53. The number of fused-ring (bicyclic) bond motifs is 1. The summed E-state index contributed by atoms with van der Waals surface area (Å²) in [5.41, 5.74) is 4.28. The summed E-state index contributed by atoms with van der Waals surface area (Å²) in [6, 6.07) is 3.24. The molecule has 2 N–H and O–H groups in total. The van der Waals surface area contributed by atoms with E-state index in [1.807, 2.05) is 0 Å². The van der Waals surface area contributed by atoms with Crippen molar-refractivity contribution in [2.45, 2.75) is 6.54 Å². The maximum Gasteiger partial charge on any atom is 0.253 e. The molecule has 1 aromatic carbocycles. The van der Waals surface area contributed by atoms with E-state index in [0.29, 0.717) is 5.57 Å². The van der Waals surface area contributed by atoms with E-state index in [0.717, 1.165) is 17.8 Å². The van der Waals surface area contributed by atoms with Gasteiger partial charge in [0, 0.05) is 24.4 Å². The van der Waals surface area contributed by atoms with Crippen LogP contribution in [0.5, 0.6) is 0 Å². The summed E-state index contributed by atoms with van der Waals surface area (Å²) < 4.78 is 26.3. The summed E-state index contributed by atoms with van der Waals surface area (Å²) >= 11 is 0. The molecule has 1 aromatic rings. The molecule has 0 unspecified atom stereocenters. The first-order chi connectivity index (χ1) is 10.6. The number of nitrogens with zero attached hydrogens (tertiary/aromatic N) is 2. The second-order valence-electron chi connectivity index (χ2n) is 4.67. The monoisotopic (exact) mass is 302 g/mol. The molecule has 0 radical (unpaired) electrons. The Hall–Kier alpha value is -2.96. The van der Waals surface area contributed by atoms with Crippen molar-refractivity contribution in [1.82, 2.24) is 15.8 Å². The largest absolute Gasteiger partial charge is 0.348 e. The lowest BCUT2D eigenvalue weighted by molar-refractivity contribution is -0.117. The van der Waals surface area contributed by atoms with Crippen LogP contribution >= 0.6 is 0 Å². The van der Waals surface area contributed by atoms with Crippen LogP contribution in [0.3, 0.4) is 0 Å². The normalized spacial score (nSPS) is 15.6. The quantitative estimate of drug-likeness (QED) is 0.894. The summed E-state index contributed by atoms with van der Waals surface area (Å²) in [5, 5.41) is 4.24. The fraction of sp³-hybridized carbons (Fsp3) is 0.0667. The van der Waals surface area contributed by atoms with Gasteiger partial charge in [0.05, 0.1) is 17.5 Å². The van der Waals surface area contributed by atoms with Crippen LogP contribution in [0.25, 0.3) is 0 Å². The second-order valence-corrected chi connectivity index (χ2v) is 4.67. The van der Waals surface area contributed by atoms with Gasteiger partial charge < -0.3 is 5.32 Å². The molecule has 1 amide bonds. The zero-order valence-corrected chi connectivity index (χ0v) is 11.4. The first kappa shape index (κ1) is 14.0. The third-order valence-electron chi connectivity index (χ3n) is 3.17. The summed E-state index contributed by atoms with van der Waals surface area (Å²) in [7, 11) is 0. The maximum absolute atomic E-state index is 13.5. The van der Waals surface area contributed by atoms with Crippen molar-refractivity contribution >= 4 is 12.2 Å². The van der Waals surface area contributed by atoms with Gasteiger partial charge in [-0.25, -0.2) is 13.8 Å². The SMILES string of the molecule is O=C(NCc1ccc(F)cc1F)C1=CN2NC=NC=C2C=C1. The van der Waals surface area contributed by atoms with Crippen LogP contribution in [0, 0.1) is 11.6 Å². The molecule has 7 heteroatoms. The Morgan fingerprint density at radius 2 is 2.18 bits per heavy atom. The number of halogens is 2. The third-order valence-corrected chi connectivity index (χ3v) is 3.17. The van der Waals surface area contributed by atoms with E-state index in [9.17, 15) is 13.6 Å². The highest BCUT2D eigenvalue weighted by molar-refractivity contribution is 5.96. The Morgan fingerprint density at radius 3 is 3.00 bits per heavy atom. The summed E-state index contributed by atoms with van der Waals surface area (Å²) in [5.74, 6) is -1.70. The lowest BCUT2D eigenvalue weighted by atomic mass is 10.1. The maximum atomic E-state index is 13.5. The van der Waals surface area contributed by atoms with Gasteiger partial charge in [-0.3, -0.25) is 15.2 Å². The molecule has 22 heavy (non-hydrogen) atoms. The molecule has 0 bridgehead atoms. The van der Waals surface area contributed by atoms with Gasteiger partial charge in [0.2, 0.25) is 0 Å². The molecule has 0 saturated carbocycles. The topological polar surface area (TPSA) is 56.7 Å². The lowest BCUT2D eigenvalue weighted by Crippen LogP contribution is -2.36. The molecule has 0 atom stereocenters.